The molecule has 0 radical (unpaired) electrons. The fraction of sp³-hybridized carbons (Fsp3) is 0.900. The molecule has 0 aromatic carbocycles. The van der Waals surface area contributed by atoms with Crippen LogP contribution in [0.5, 0.6) is 0 Å². The van der Waals surface area contributed by atoms with Gasteiger partial charge in [0.25, 0.3) is 0 Å². The van der Waals surface area contributed by atoms with E-state index in [1.54, 1.807) is 13.8 Å². The van der Waals surface area contributed by atoms with Gasteiger partial charge in [-0.05, 0) is 27.7 Å². The number of cyclic esters (lactones) is 2. The van der Waals surface area contributed by atoms with Crippen LogP contribution in [-0.2, 0) is 14.2 Å². The Morgan fingerprint density at radius 2 is 1.87 bits per heavy atom. The number of ether oxygens (including phenoxy) is 3. The first kappa shape index (κ1) is 16.6. The number of aliphatic hydroxyl groups excluding tert-OH is 1. The third-order valence-corrected chi connectivity index (χ3v) is 1.14. The number of carbonyl (C=O) groups excluding carboxylic acids is 1. The average molecular weight is 222 g/mol. The van der Waals surface area contributed by atoms with Gasteiger partial charge in [-0.2, -0.15) is 0 Å². The van der Waals surface area contributed by atoms with Gasteiger partial charge in [-0.1, -0.05) is 0 Å². The lowest BCUT2D eigenvalue weighted by Gasteiger charge is -1.90. The van der Waals surface area contributed by atoms with Crippen molar-refractivity contribution in [2.75, 3.05) is 26.4 Å². The van der Waals surface area contributed by atoms with E-state index in [0.717, 1.165) is 13.2 Å². The largest absolute Gasteiger partial charge is 0.508 e. The Balaban J connectivity index is 0. The number of hydrogen-bond donors (Lipinski definition) is 1. The van der Waals surface area contributed by atoms with Crippen molar-refractivity contribution < 1.29 is 24.1 Å². The molecule has 1 unspecified atom stereocenters. The second kappa shape index (κ2) is 13.2. The highest BCUT2D eigenvalue weighted by Gasteiger charge is 2.19. The van der Waals surface area contributed by atoms with E-state index < -0.39 is 6.16 Å². The monoisotopic (exact) mass is 222 g/mol. The normalized spacial score (nSPS) is 17.7. The molecule has 1 aliphatic heterocycles. The first-order valence-electron chi connectivity index (χ1n) is 5.14. The van der Waals surface area contributed by atoms with Gasteiger partial charge in [0.15, 0.2) is 0 Å². The van der Waals surface area contributed by atoms with Gasteiger partial charge in [-0.15, -0.1) is 0 Å². The molecule has 5 nitrogen and oxygen atoms in total. The third kappa shape index (κ3) is 15.9. The molecule has 0 amide bonds. The van der Waals surface area contributed by atoms with Gasteiger partial charge >= 0.3 is 6.16 Å². The summed E-state index contributed by atoms with van der Waals surface area (Å²) < 4.78 is 13.7. The Labute approximate surface area is 91.3 Å². The predicted molar refractivity (Wildman–Crippen MR) is 56.8 cm³/mol. The summed E-state index contributed by atoms with van der Waals surface area (Å²) in [5, 5.41) is 7.57. The van der Waals surface area contributed by atoms with Crippen molar-refractivity contribution in [3.63, 3.8) is 0 Å². The highest BCUT2D eigenvalue weighted by atomic mass is 16.8. The van der Waals surface area contributed by atoms with E-state index in [9.17, 15) is 4.79 Å². The molecular formula is C10H22O5. The molecule has 1 fully saturated rings. The molecule has 5 heteroatoms. The SMILES string of the molecule is CC1COC(=O)O1.CCO.CCOCC. The third-order valence-electron chi connectivity index (χ3n) is 1.14. The van der Waals surface area contributed by atoms with Gasteiger partial charge in [0, 0.05) is 19.8 Å². The van der Waals surface area contributed by atoms with Crippen LogP contribution < -0.4 is 0 Å². The zero-order valence-electron chi connectivity index (χ0n) is 9.99. The van der Waals surface area contributed by atoms with Gasteiger partial charge in [0.2, 0.25) is 0 Å². The van der Waals surface area contributed by atoms with Crippen LogP contribution in [0.25, 0.3) is 0 Å². The van der Waals surface area contributed by atoms with E-state index in [1.165, 1.54) is 0 Å². The summed E-state index contributed by atoms with van der Waals surface area (Å²) in [5.74, 6) is 0. The molecule has 0 saturated carbocycles. The van der Waals surface area contributed by atoms with Crippen LogP contribution in [0.15, 0.2) is 0 Å². The summed E-state index contributed by atoms with van der Waals surface area (Å²) in [6.07, 6.45) is -0.597. The fourth-order valence-electron chi connectivity index (χ4n) is 0.622. The maximum Gasteiger partial charge on any atom is 0.508 e. The molecule has 1 rings (SSSR count). The molecule has 92 valence electrons. The molecule has 0 spiro atoms. The zero-order valence-corrected chi connectivity index (χ0v) is 9.99. The van der Waals surface area contributed by atoms with Crippen molar-refractivity contribution in [3.8, 4) is 0 Å². The standard InChI is InChI=1S/C4H6O3.C4H10O.C2H6O/c1-3-2-6-4(5)7-3;1-3-5-4-2;1-2-3/h3H,2H2,1H3;3-4H2,1-2H3;3H,2H2,1H3. The predicted octanol–water partition coefficient (Wildman–Crippen LogP) is 1.58. The van der Waals surface area contributed by atoms with Crippen molar-refractivity contribution in [1.82, 2.24) is 0 Å². The molecule has 0 bridgehead atoms. The summed E-state index contributed by atoms with van der Waals surface area (Å²) in [6.45, 7) is 9.78. The minimum atomic E-state index is -0.549. The molecule has 0 aliphatic carbocycles. The van der Waals surface area contributed by atoms with Crippen LogP contribution in [0, 0.1) is 0 Å². The highest BCUT2D eigenvalue weighted by molar-refractivity contribution is 5.61. The Bertz CT molecular complexity index is 136. The lowest BCUT2D eigenvalue weighted by molar-refractivity contribution is 0.121. The van der Waals surface area contributed by atoms with Gasteiger partial charge < -0.3 is 19.3 Å². The quantitative estimate of drug-likeness (QED) is 0.719. The van der Waals surface area contributed by atoms with Crippen LogP contribution in [-0.4, -0.2) is 43.8 Å². The molecule has 15 heavy (non-hydrogen) atoms. The highest BCUT2D eigenvalue weighted by Crippen LogP contribution is 2.02. The Morgan fingerprint density at radius 3 is 1.93 bits per heavy atom. The van der Waals surface area contributed by atoms with Crippen molar-refractivity contribution in [2.45, 2.75) is 33.8 Å². The summed E-state index contributed by atoms with van der Waals surface area (Å²) in [7, 11) is 0. The lowest BCUT2D eigenvalue weighted by Crippen LogP contribution is -2.01. The number of hydrogen-bond acceptors (Lipinski definition) is 5. The van der Waals surface area contributed by atoms with E-state index >= 15 is 0 Å². The maximum absolute atomic E-state index is 10.0. The summed E-state index contributed by atoms with van der Waals surface area (Å²) in [5.41, 5.74) is 0. The number of carbonyl (C=O) groups is 1. The van der Waals surface area contributed by atoms with E-state index in [0.29, 0.717) is 6.61 Å². The smallest absolute Gasteiger partial charge is 0.430 e. The van der Waals surface area contributed by atoms with Crippen LogP contribution in [0.3, 0.4) is 0 Å². The molecular weight excluding hydrogens is 200 g/mol. The Morgan fingerprint density at radius 1 is 1.40 bits per heavy atom. The zero-order chi connectivity index (χ0) is 12.1. The average Bonchev–Trinajstić information content (AvgIpc) is 2.54. The summed E-state index contributed by atoms with van der Waals surface area (Å²) in [6, 6.07) is 0. The number of rotatable bonds is 2. The van der Waals surface area contributed by atoms with Gasteiger partial charge in [0.1, 0.15) is 12.7 Å². The Hall–Kier alpha value is -0.810. The second-order valence-electron chi connectivity index (χ2n) is 2.59. The van der Waals surface area contributed by atoms with Crippen molar-refractivity contribution in [1.29, 1.82) is 0 Å². The van der Waals surface area contributed by atoms with E-state index in [1.807, 2.05) is 13.8 Å². The molecule has 1 aliphatic rings. The summed E-state index contributed by atoms with van der Waals surface area (Å²) >= 11 is 0. The van der Waals surface area contributed by atoms with Gasteiger partial charge in [0.05, 0.1) is 0 Å². The molecule has 1 atom stereocenters. The lowest BCUT2D eigenvalue weighted by atomic mass is 10.5. The van der Waals surface area contributed by atoms with E-state index in [-0.39, 0.29) is 12.7 Å². The van der Waals surface area contributed by atoms with Crippen LogP contribution in [0.2, 0.25) is 0 Å². The van der Waals surface area contributed by atoms with Crippen LogP contribution in [0.1, 0.15) is 27.7 Å². The number of aliphatic hydroxyl groups is 1. The van der Waals surface area contributed by atoms with E-state index in [2.05, 4.69) is 9.47 Å². The van der Waals surface area contributed by atoms with Crippen molar-refractivity contribution in [2.24, 2.45) is 0 Å². The van der Waals surface area contributed by atoms with Crippen molar-refractivity contribution >= 4 is 6.16 Å². The fourth-order valence-corrected chi connectivity index (χ4v) is 0.622. The molecule has 1 saturated heterocycles. The second-order valence-corrected chi connectivity index (χ2v) is 2.59. The molecule has 1 N–H and O–H groups in total. The van der Waals surface area contributed by atoms with Crippen molar-refractivity contribution in [3.05, 3.63) is 0 Å². The molecule has 1 heterocycles. The van der Waals surface area contributed by atoms with Gasteiger partial charge in [-0.3, -0.25) is 0 Å². The first-order valence-corrected chi connectivity index (χ1v) is 5.14. The maximum atomic E-state index is 10.0. The van der Waals surface area contributed by atoms with E-state index in [4.69, 9.17) is 9.84 Å². The topological polar surface area (TPSA) is 65.0 Å². The van der Waals surface area contributed by atoms with Gasteiger partial charge in [-0.25, -0.2) is 4.79 Å². The first-order chi connectivity index (χ1) is 7.12. The molecule has 0 aromatic heterocycles. The minimum absolute atomic E-state index is 0.0486. The Kier molecular flexibility index (Phi) is 14.6. The van der Waals surface area contributed by atoms with Crippen LogP contribution in [0.4, 0.5) is 4.79 Å². The summed E-state index contributed by atoms with van der Waals surface area (Å²) in [4.78, 5) is 10.0. The van der Waals surface area contributed by atoms with Crippen LogP contribution >= 0.6 is 0 Å². The molecule has 0 aromatic rings. The minimum Gasteiger partial charge on any atom is -0.430 e.